The van der Waals surface area contributed by atoms with Crippen molar-refractivity contribution in [3.63, 3.8) is 0 Å². The summed E-state index contributed by atoms with van der Waals surface area (Å²) >= 11 is 13.0. The van der Waals surface area contributed by atoms with Crippen LogP contribution in [0.4, 0.5) is 4.79 Å². The van der Waals surface area contributed by atoms with E-state index in [-0.39, 0.29) is 40.7 Å². The molecule has 2 amide bonds. The lowest BCUT2D eigenvalue weighted by atomic mass is 9.96. The van der Waals surface area contributed by atoms with Crippen molar-refractivity contribution < 1.29 is 48.2 Å². The predicted octanol–water partition coefficient (Wildman–Crippen LogP) is 2.94. The first-order chi connectivity index (χ1) is 25.3. The number of nitrogens with one attached hydrogen (secondary N) is 2. The molecule has 0 saturated heterocycles. The van der Waals surface area contributed by atoms with Crippen LogP contribution in [-0.2, 0) is 27.0 Å². The number of nitrogens with zero attached hydrogens (tertiary/aromatic N) is 2. The lowest BCUT2D eigenvalue weighted by Gasteiger charge is -2.25. The van der Waals surface area contributed by atoms with Gasteiger partial charge in [0.2, 0.25) is 10.0 Å². The van der Waals surface area contributed by atoms with Crippen molar-refractivity contribution in [3.05, 3.63) is 76.0 Å². The second-order valence-corrected chi connectivity index (χ2v) is 16.2. The van der Waals surface area contributed by atoms with Crippen LogP contribution in [0, 0.1) is 0 Å². The predicted molar refractivity (Wildman–Crippen MR) is 197 cm³/mol. The summed E-state index contributed by atoms with van der Waals surface area (Å²) in [7, 11) is -2.61. The molecule has 4 atom stereocenters. The number of sulfonamides is 1. The largest absolute Gasteiger partial charge is 0.490 e. The van der Waals surface area contributed by atoms with E-state index in [1.54, 1.807) is 6.20 Å². The molecule has 2 aliphatic carbocycles. The summed E-state index contributed by atoms with van der Waals surface area (Å²) in [5, 5.41) is 52.8. The van der Waals surface area contributed by atoms with Crippen LogP contribution in [0.1, 0.15) is 49.7 Å². The maximum absolute atomic E-state index is 13.6. The average molecular weight is 798 g/mol. The monoisotopic (exact) mass is 796 g/mol. The van der Waals surface area contributed by atoms with E-state index in [1.165, 1.54) is 23.5 Å². The summed E-state index contributed by atoms with van der Waals surface area (Å²) in [5.74, 6) is 0.809. The number of carbonyl (C=O) groups excluding carboxylic acids is 1. The van der Waals surface area contributed by atoms with Gasteiger partial charge in [-0.05, 0) is 73.9 Å². The Bertz CT molecular complexity index is 1830. The topological polar surface area (TPSA) is 211 Å². The van der Waals surface area contributed by atoms with Crippen LogP contribution in [0.15, 0.2) is 59.8 Å². The van der Waals surface area contributed by atoms with Crippen LogP contribution in [0.3, 0.4) is 0 Å². The third-order valence-electron chi connectivity index (χ3n) is 9.29. The van der Waals surface area contributed by atoms with E-state index in [1.807, 2.05) is 36.5 Å². The molecular formula is C36H46Cl2N4O10S. The van der Waals surface area contributed by atoms with Gasteiger partial charge >= 0.3 is 6.03 Å². The number of hydrogen-bond donors (Lipinski definition) is 7. The molecule has 290 valence electrons. The van der Waals surface area contributed by atoms with E-state index in [4.69, 9.17) is 37.8 Å². The van der Waals surface area contributed by atoms with Crippen LogP contribution in [-0.4, -0.2) is 113 Å². The lowest BCUT2D eigenvalue weighted by molar-refractivity contribution is -0.113. The highest BCUT2D eigenvalue weighted by atomic mass is 35.5. The van der Waals surface area contributed by atoms with Crippen molar-refractivity contribution in [2.45, 2.75) is 86.1 Å². The third-order valence-corrected chi connectivity index (χ3v) is 12.0. The Morgan fingerprint density at radius 3 is 2.42 bits per heavy atom. The number of aliphatic hydroxyl groups excluding tert-OH is 5. The Balaban J connectivity index is 1.15. The molecule has 5 rings (SSSR count). The average Bonchev–Trinajstić information content (AvgIpc) is 4.10. The molecule has 3 aromatic rings. The van der Waals surface area contributed by atoms with Gasteiger partial charge < -0.3 is 45.6 Å². The van der Waals surface area contributed by atoms with Gasteiger partial charge in [0, 0.05) is 55.2 Å². The maximum atomic E-state index is 13.6. The van der Waals surface area contributed by atoms with Crippen LogP contribution >= 0.6 is 23.2 Å². The molecule has 0 spiro atoms. The molecule has 1 heterocycles. The summed E-state index contributed by atoms with van der Waals surface area (Å²) in [6.07, 6.45) is 1.27. The molecular weight excluding hydrogens is 751 g/mol. The second kappa shape index (κ2) is 18.0. The lowest BCUT2D eigenvalue weighted by Crippen LogP contribution is -2.50. The summed E-state index contributed by atoms with van der Waals surface area (Å²) < 4.78 is 41.1. The maximum Gasteiger partial charge on any atom is 0.314 e. The molecule has 2 saturated carbocycles. The quantitative estimate of drug-likeness (QED) is 0.0827. The first-order valence-corrected chi connectivity index (χ1v) is 19.6. The molecule has 2 fully saturated rings. The second-order valence-electron chi connectivity index (χ2n) is 13.4. The summed E-state index contributed by atoms with van der Waals surface area (Å²) in [6.45, 7) is -0.932. The number of aliphatic hydroxyl groups is 5. The fourth-order valence-corrected chi connectivity index (χ4v) is 7.78. The van der Waals surface area contributed by atoms with Crippen molar-refractivity contribution in [2.24, 2.45) is 0 Å². The first kappa shape index (κ1) is 41.1. The van der Waals surface area contributed by atoms with Crippen LogP contribution in [0.5, 0.6) is 5.75 Å². The molecule has 2 aliphatic rings. The normalized spacial score (nSPS) is 17.5. The minimum Gasteiger partial charge on any atom is -0.490 e. The number of aromatic nitrogens is 1. The van der Waals surface area contributed by atoms with Gasteiger partial charge in [-0.1, -0.05) is 41.4 Å². The SMILES string of the molecule is CN(CCCCNC(=O)NCC(O)C(O)C(O)C(O)CO)S(=O)(=O)c1cc(COC2(c3cnccc3-c3ccccc3OC3CC3)CC2)c(Cl)cc1Cl. The number of hydrogen-bond acceptors (Lipinski definition) is 11. The van der Waals surface area contributed by atoms with Gasteiger partial charge in [0.05, 0.1) is 36.0 Å². The summed E-state index contributed by atoms with van der Waals surface area (Å²) in [5.41, 5.74) is 2.67. The number of urea groups is 1. The van der Waals surface area contributed by atoms with E-state index in [2.05, 4.69) is 15.6 Å². The van der Waals surface area contributed by atoms with Gasteiger partial charge in [-0.3, -0.25) is 4.98 Å². The number of carbonyl (C=O) groups is 1. The number of unbranched alkanes of at least 4 members (excludes halogenated alkanes) is 1. The van der Waals surface area contributed by atoms with Gasteiger partial charge in [0.25, 0.3) is 0 Å². The van der Waals surface area contributed by atoms with Gasteiger partial charge in [0.15, 0.2) is 0 Å². The smallest absolute Gasteiger partial charge is 0.314 e. The molecule has 4 unspecified atom stereocenters. The van der Waals surface area contributed by atoms with Crippen molar-refractivity contribution >= 4 is 39.3 Å². The molecule has 53 heavy (non-hydrogen) atoms. The highest BCUT2D eigenvalue weighted by molar-refractivity contribution is 7.89. The van der Waals surface area contributed by atoms with Gasteiger partial charge in [-0.15, -0.1) is 0 Å². The fourth-order valence-electron chi connectivity index (χ4n) is 5.74. The number of benzene rings is 2. The molecule has 0 aliphatic heterocycles. The molecule has 14 nitrogen and oxygen atoms in total. The molecule has 0 radical (unpaired) electrons. The van der Waals surface area contributed by atoms with E-state index >= 15 is 0 Å². The summed E-state index contributed by atoms with van der Waals surface area (Å²) in [6, 6.07) is 12.0. The molecule has 0 bridgehead atoms. The Kier molecular flexibility index (Phi) is 14.0. The molecule has 2 aromatic carbocycles. The highest BCUT2D eigenvalue weighted by Gasteiger charge is 2.48. The van der Waals surface area contributed by atoms with E-state index in [0.29, 0.717) is 18.4 Å². The number of rotatable bonds is 20. The zero-order chi connectivity index (χ0) is 38.3. The standard InChI is InChI=1S/C36H46Cl2N4O10S/c1-42(15-5-4-13-40-35(48)41-19-29(44)33(46)34(47)30(45)20-43)53(49,50)32-16-22(27(37)17-28(32)38)21-51-36(11-12-36)26-18-39-14-10-24(26)25-6-2-3-7-31(25)52-23-8-9-23/h2-3,6-7,10,14,16-18,23,29-30,33-34,43-47H,4-5,8-9,11-13,15,19-21H2,1H3,(H2,40,41,48). The Morgan fingerprint density at radius 2 is 1.72 bits per heavy atom. The first-order valence-electron chi connectivity index (χ1n) is 17.4. The van der Waals surface area contributed by atoms with E-state index < -0.39 is 59.2 Å². The summed E-state index contributed by atoms with van der Waals surface area (Å²) in [4.78, 5) is 16.4. The number of pyridine rings is 1. The van der Waals surface area contributed by atoms with Gasteiger partial charge in [-0.25, -0.2) is 17.5 Å². The Hall–Kier alpha value is -3.09. The van der Waals surface area contributed by atoms with Gasteiger partial charge in [0.1, 0.15) is 29.0 Å². The molecule has 7 N–H and O–H groups in total. The number of halogens is 2. The zero-order valence-electron chi connectivity index (χ0n) is 29.2. The minimum absolute atomic E-state index is 0.0300. The van der Waals surface area contributed by atoms with Crippen LogP contribution < -0.4 is 15.4 Å². The molecule has 17 heteroatoms. The highest BCUT2D eigenvalue weighted by Crippen LogP contribution is 2.53. The number of ether oxygens (including phenoxy) is 2. The Labute approximate surface area is 318 Å². The van der Waals surface area contributed by atoms with Crippen molar-refractivity contribution in [1.29, 1.82) is 0 Å². The van der Waals surface area contributed by atoms with Crippen molar-refractivity contribution in [1.82, 2.24) is 19.9 Å². The van der Waals surface area contributed by atoms with Crippen LogP contribution in [0.25, 0.3) is 11.1 Å². The number of amides is 2. The zero-order valence-corrected chi connectivity index (χ0v) is 31.5. The minimum atomic E-state index is -4.04. The van der Waals surface area contributed by atoms with Crippen LogP contribution in [0.2, 0.25) is 10.0 Å². The Morgan fingerprint density at radius 1 is 1.00 bits per heavy atom. The number of para-hydroxylation sites is 1. The fraction of sp³-hybridized carbons (Fsp3) is 0.500. The van der Waals surface area contributed by atoms with Crippen molar-refractivity contribution in [3.8, 4) is 16.9 Å². The van der Waals surface area contributed by atoms with Crippen molar-refractivity contribution in [2.75, 3.05) is 33.3 Å². The van der Waals surface area contributed by atoms with Gasteiger partial charge in [-0.2, -0.15) is 0 Å². The van der Waals surface area contributed by atoms with E-state index in [9.17, 15) is 33.6 Å². The third kappa shape index (κ3) is 10.4. The van der Waals surface area contributed by atoms with E-state index in [0.717, 1.165) is 48.1 Å². The molecule has 1 aromatic heterocycles.